The van der Waals surface area contributed by atoms with Crippen molar-refractivity contribution in [2.45, 2.75) is 0 Å². The zero-order valence-electron chi connectivity index (χ0n) is 23.9. The molecule has 3 nitrogen and oxygen atoms in total. The topological polar surface area (TPSA) is 22.8 Å². The second kappa shape index (κ2) is 9.82. The minimum Gasteiger partial charge on any atom is -0.308 e. The number of fused-ring (bicyclic) bond motifs is 7. The highest BCUT2D eigenvalue weighted by Gasteiger charge is 2.22. The quantitative estimate of drug-likeness (QED) is 0.210. The van der Waals surface area contributed by atoms with Gasteiger partial charge in [-0.3, -0.25) is 4.57 Å². The van der Waals surface area contributed by atoms with E-state index in [1.807, 2.05) is 0 Å². The summed E-state index contributed by atoms with van der Waals surface area (Å²) >= 11 is 0. The molecule has 6 aromatic carbocycles. The first-order valence-electron chi connectivity index (χ1n) is 15.0. The van der Waals surface area contributed by atoms with Gasteiger partial charge in [0.05, 0.1) is 21.9 Å². The maximum atomic E-state index is 5.23. The molecule has 9 rings (SSSR count). The van der Waals surface area contributed by atoms with Gasteiger partial charge >= 0.3 is 0 Å². The van der Waals surface area contributed by atoms with Crippen molar-refractivity contribution in [3.63, 3.8) is 0 Å². The van der Waals surface area contributed by atoms with E-state index in [0.717, 1.165) is 33.3 Å². The number of aromatic nitrogens is 3. The molecule has 44 heavy (non-hydrogen) atoms. The van der Waals surface area contributed by atoms with E-state index in [1.54, 1.807) is 0 Å². The summed E-state index contributed by atoms with van der Waals surface area (Å²) in [7, 11) is 0. The zero-order chi connectivity index (χ0) is 29.0. The predicted octanol–water partition coefficient (Wildman–Crippen LogP) is 10.6. The zero-order valence-corrected chi connectivity index (χ0v) is 23.9. The van der Waals surface area contributed by atoms with Gasteiger partial charge in [-0.15, -0.1) is 0 Å². The molecule has 206 valence electrons. The summed E-state index contributed by atoms with van der Waals surface area (Å²) in [6, 6.07) is 56.2. The van der Waals surface area contributed by atoms with E-state index in [9.17, 15) is 0 Å². The smallest absolute Gasteiger partial charge is 0.147 e. The fourth-order valence-corrected chi connectivity index (χ4v) is 6.79. The van der Waals surface area contributed by atoms with Crippen molar-refractivity contribution in [3.8, 4) is 33.6 Å². The molecular weight excluding hydrogens is 534 g/mol. The van der Waals surface area contributed by atoms with Crippen LogP contribution in [0.4, 0.5) is 0 Å². The summed E-state index contributed by atoms with van der Waals surface area (Å²) in [5.74, 6) is 0. The molecule has 0 saturated carbocycles. The van der Waals surface area contributed by atoms with Crippen LogP contribution >= 0.6 is 0 Å². The largest absolute Gasteiger partial charge is 0.308 e. The molecule has 0 fully saturated rings. The number of benzene rings is 6. The van der Waals surface area contributed by atoms with Gasteiger partial charge in [0.15, 0.2) is 0 Å². The van der Waals surface area contributed by atoms with Gasteiger partial charge in [-0.25, -0.2) is 4.98 Å². The summed E-state index contributed by atoms with van der Waals surface area (Å²) < 4.78 is 4.75. The highest BCUT2D eigenvalue weighted by atomic mass is 15.1. The van der Waals surface area contributed by atoms with Crippen LogP contribution in [0, 0.1) is 0 Å². The van der Waals surface area contributed by atoms with Crippen molar-refractivity contribution in [2.75, 3.05) is 0 Å². The normalized spacial score (nSPS) is 11.6. The van der Waals surface area contributed by atoms with Crippen LogP contribution < -0.4 is 0 Å². The molecule has 0 radical (unpaired) electrons. The highest BCUT2D eigenvalue weighted by molar-refractivity contribution is 6.25. The molecule has 0 atom stereocenters. The molecule has 0 amide bonds. The maximum absolute atomic E-state index is 5.23. The lowest BCUT2D eigenvalue weighted by Crippen LogP contribution is -1.98. The van der Waals surface area contributed by atoms with E-state index in [0.29, 0.717) is 0 Å². The lowest BCUT2D eigenvalue weighted by atomic mass is 9.98. The van der Waals surface area contributed by atoms with E-state index >= 15 is 0 Å². The average molecular weight is 562 g/mol. The van der Waals surface area contributed by atoms with Crippen LogP contribution in [0.25, 0.3) is 77.4 Å². The van der Waals surface area contributed by atoms with Crippen molar-refractivity contribution in [1.29, 1.82) is 0 Å². The molecule has 0 spiro atoms. The molecule has 0 saturated heterocycles. The fraction of sp³-hybridized carbons (Fsp3) is 0. The van der Waals surface area contributed by atoms with Crippen LogP contribution in [0.3, 0.4) is 0 Å². The third-order valence-electron chi connectivity index (χ3n) is 8.72. The monoisotopic (exact) mass is 561 g/mol. The molecule has 0 aliphatic rings. The number of para-hydroxylation sites is 3. The van der Waals surface area contributed by atoms with Crippen molar-refractivity contribution >= 4 is 43.7 Å². The Labute approximate surface area is 254 Å². The summed E-state index contributed by atoms with van der Waals surface area (Å²) in [5, 5.41) is 4.70. The van der Waals surface area contributed by atoms with Gasteiger partial charge in [-0.05, 0) is 64.7 Å². The van der Waals surface area contributed by atoms with Gasteiger partial charge in [-0.1, -0.05) is 115 Å². The van der Waals surface area contributed by atoms with Gasteiger partial charge < -0.3 is 4.57 Å². The molecule has 0 aliphatic heterocycles. The van der Waals surface area contributed by atoms with E-state index in [-0.39, 0.29) is 0 Å². The minimum absolute atomic E-state index is 0.947. The summed E-state index contributed by atoms with van der Waals surface area (Å²) in [6.45, 7) is 0. The first kappa shape index (κ1) is 24.6. The molecule has 0 bridgehead atoms. The molecule has 9 aromatic rings. The number of pyridine rings is 1. The lowest BCUT2D eigenvalue weighted by Gasteiger charge is -2.14. The standard InChI is InChI=1S/C41H27N3/c1-4-14-28(15-5-1)30-24-31(29-16-6-2-7-17-29)26-33(25-30)44-38-23-13-11-21-35(38)39-40-36(27-42-41(39)44)34-20-10-12-22-37(34)43(40)32-18-8-3-9-19-32/h1-27H. The van der Waals surface area contributed by atoms with Crippen LogP contribution in [0.15, 0.2) is 164 Å². The Kier molecular flexibility index (Phi) is 5.50. The Morgan fingerprint density at radius 2 is 0.909 bits per heavy atom. The molecule has 0 unspecified atom stereocenters. The number of hydrogen-bond acceptors (Lipinski definition) is 1. The number of rotatable bonds is 4. The summed E-state index contributed by atoms with van der Waals surface area (Å²) in [4.78, 5) is 5.23. The van der Waals surface area contributed by atoms with Gasteiger partial charge in [0.25, 0.3) is 0 Å². The first-order chi connectivity index (χ1) is 21.8. The van der Waals surface area contributed by atoms with E-state index in [1.165, 1.54) is 44.1 Å². The van der Waals surface area contributed by atoms with Crippen LogP contribution in [0.5, 0.6) is 0 Å². The van der Waals surface area contributed by atoms with Crippen LogP contribution in [0.2, 0.25) is 0 Å². The maximum Gasteiger partial charge on any atom is 0.147 e. The molecular formula is C41H27N3. The Bertz CT molecular complexity index is 2410. The molecule has 0 aliphatic carbocycles. The van der Waals surface area contributed by atoms with Crippen molar-refractivity contribution in [2.24, 2.45) is 0 Å². The van der Waals surface area contributed by atoms with Crippen molar-refractivity contribution in [1.82, 2.24) is 14.1 Å². The number of nitrogens with zero attached hydrogens (tertiary/aromatic N) is 3. The van der Waals surface area contributed by atoms with Crippen LogP contribution in [0.1, 0.15) is 0 Å². The van der Waals surface area contributed by atoms with E-state index in [4.69, 9.17) is 4.98 Å². The SMILES string of the molecule is c1ccc(-c2cc(-c3ccccc3)cc(-n3c4ccccc4c4c3ncc3c5ccccc5n(-c5ccccc5)c34)c2)cc1. The van der Waals surface area contributed by atoms with Crippen molar-refractivity contribution in [3.05, 3.63) is 164 Å². The Balaban J connectivity index is 1.43. The van der Waals surface area contributed by atoms with Gasteiger partial charge in [-0.2, -0.15) is 0 Å². The molecule has 0 N–H and O–H groups in total. The van der Waals surface area contributed by atoms with Crippen molar-refractivity contribution < 1.29 is 0 Å². The second-order valence-electron chi connectivity index (χ2n) is 11.3. The molecule has 3 heterocycles. The first-order valence-corrected chi connectivity index (χ1v) is 15.0. The highest BCUT2D eigenvalue weighted by Crippen LogP contribution is 2.41. The fourth-order valence-electron chi connectivity index (χ4n) is 6.79. The van der Waals surface area contributed by atoms with Gasteiger partial charge in [0.1, 0.15) is 5.65 Å². The minimum atomic E-state index is 0.947. The third-order valence-corrected chi connectivity index (χ3v) is 8.72. The summed E-state index contributed by atoms with van der Waals surface area (Å²) in [5.41, 5.74) is 11.4. The Morgan fingerprint density at radius 1 is 0.386 bits per heavy atom. The number of hydrogen-bond donors (Lipinski definition) is 0. The third kappa shape index (κ3) is 3.73. The van der Waals surface area contributed by atoms with Crippen LogP contribution in [-0.2, 0) is 0 Å². The van der Waals surface area contributed by atoms with Crippen LogP contribution in [-0.4, -0.2) is 14.1 Å². The Hall–Kier alpha value is -5.93. The van der Waals surface area contributed by atoms with Gasteiger partial charge in [0.2, 0.25) is 0 Å². The average Bonchev–Trinajstić information content (AvgIpc) is 3.62. The summed E-state index contributed by atoms with van der Waals surface area (Å²) in [6.07, 6.45) is 2.06. The molecule has 3 aromatic heterocycles. The van der Waals surface area contributed by atoms with E-state index in [2.05, 4.69) is 173 Å². The van der Waals surface area contributed by atoms with Gasteiger partial charge in [0, 0.05) is 33.7 Å². The Morgan fingerprint density at radius 3 is 1.55 bits per heavy atom. The molecule has 3 heteroatoms. The predicted molar refractivity (Wildman–Crippen MR) is 184 cm³/mol. The van der Waals surface area contributed by atoms with E-state index < -0.39 is 0 Å². The second-order valence-corrected chi connectivity index (χ2v) is 11.3. The lowest BCUT2D eigenvalue weighted by molar-refractivity contribution is 1.14.